The van der Waals surface area contributed by atoms with Crippen LogP contribution in [-0.2, 0) is 14.3 Å². The van der Waals surface area contributed by atoms with Gasteiger partial charge in [0.25, 0.3) is 5.91 Å². The number of hydrogen-bond acceptors (Lipinski definition) is 7. The zero-order valence-corrected chi connectivity index (χ0v) is 32.4. The molecule has 0 aliphatic heterocycles. The van der Waals surface area contributed by atoms with Gasteiger partial charge in [-0.1, -0.05) is 35.8 Å². The van der Waals surface area contributed by atoms with Crippen molar-refractivity contribution in [2.24, 2.45) is 23.7 Å². The van der Waals surface area contributed by atoms with Crippen molar-refractivity contribution in [2.75, 3.05) is 24.9 Å². The molecule has 4 saturated carbocycles. The molecule has 1 aromatic heterocycles. The number of carbonyl (C=O) groups excluding carboxylic acids is 3. The Hall–Kier alpha value is -3.86. The van der Waals surface area contributed by atoms with Crippen LogP contribution < -0.4 is 20.1 Å². The first-order chi connectivity index (χ1) is 24.3. The molecule has 4 bridgehead atoms. The Morgan fingerprint density at radius 3 is 2.14 bits per heavy atom. The van der Waals surface area contributed by atoms with E-state index in [9.17, 15) is 14.4 Å². The molecule has 4 fully saturated rings. The fourth-order valence-electron chi connectivity index (χ4n) is 8.83. The van der Waals surface area contributed by atoms with Crippen molar-refractivity contribution in [2.45, 2.75) is 96.6 Å². The summed E-state index contributed by atoms with van der Waals surface area (Å²) >= 11 is 3.39. The Balaban J connectivity index is 1.46. The number of halogens is 1. The zero-order valence-electron chi connectivity index (χ0n) is 30.8. The fraction of sp³-hybridized carbons (Fsp3) is 0.550. The number of anilines is 1. The van der Waals surface area contributed by atoms with Crippen LogP contribution in [0.1, 0.15) is 102 Å². The molecule has 7 rings (SSSR count). The van der Waals surface area contributed by atoms with E-state index >= 15 is 0 Å². The van der Waals surface area contributed by atoms with Crippen LogP contribution in [0.4, 0.5) is 5.69 Å². The van der Waals surface area contributed by atoms with E-state index in [-0.39, 0.29) is 35.3 Å². The minimum Gasteiger partial charge on any atom is -0.496 e. The molecule has 4 aliphatic rings. The largest absolute Gasteiger partial charge is 0.496 e. The van der Waals surface area contributed by atoms with Gasteiger partial charge in [0.05, 0.1) is 31.2 Å². The maximum atomic E-state index is 14.6. The Morgan fingerprint density at radius 2 is 1.59 bits per heavy atom. The van der Waals surface area contributed by atoms with Crippen molar-refractivity contribution < 1.29 is 28.6 Å². The van der Waals surface area contributed by atoms with Gasteiger partial charge in [-0.2, -0.15) is 5.10 Å². The summed E-state index contributed by atoms with van der Waals surface area (Å²) in [6.45, 7) is 9.77. The molecule has 0 saturated heterocycles. The maximum Gasteiger partial charge on any atom is 0.332 e. The first-order valence-electron chi connectivity index (χ1n) is 18.1. The summed E-state index contributed by atoms with van der Waals surface area (Å²) in [5.41, 5.74) is 1.90. The maximum absolute atomic E-state index is 14.6. The molecule has 0 radical (unpaired) electrons. The minimum absolute atomic E-state index is 0.00763. The van der Waals surface area contributed by atoms with E-state index in [1.54, 1.807) is 25.0 Å². The summed E-state index contributed by atoms with van der Waals surface area (Å²) in [6, 6.07) is 13.0. The van der Waals surface area contributed by atoms with Crippen LogP contribution in [0.25, 0.3) is 16.9 Å². The Labute approximate surface area is 309 Å². The lowest BCUT2D eigenvalue weighted by Gasteiger charge is -2.59. The number of benzene rings is 2. The smallest absolute Gasteiger partial charge is 0.332 e. The van der Waals surface area contributed by atoms with Crippen molar-refractivity contribution in [3.8, 4) is 28.4 Å². The Morgan fingerprint density at radius 1 is 0.961 bits per heavy atom. The van der Waals surface area contributed by atoms with Gasteiger partial charge in [0.15, 0.2) is 5.69 Å². The highest BCUT2D eigenvalue weighted by molar-refractivity contribution is 9.09. The lowest BCUT2D eigenvalue weighted by molar-refractivity contribution is -0.180. The third-order valence-electron chi connectivity index (χ3n) is 10.8. The average molecular weight is 764 g/mol. The predicted octanol–water partition coefficient (Wildman–Crippen LogP) is 8.06. The molecule has 2 N–H and O–H groups in total. The lowest BCUT2D eigenvalue weighted by Crippen LogP contribution is -2.71. The second-order valence-corrected chi connectivity index (χ2v) is 16.6. The first-order valence-corrected chi connectivity index (χ1v) is 19.3. The molecule has 0 unspecified atom stereocenters. The topological polar surface area (TPSA) is 121 Å². The molecule has 2 aromatic carbocycles. The van der Waals surface area contributed by atoms with Crippen LogP contribution in [0.2, 0.25) is 0 Å². The van der Waals surface area contributed by atoms with Crippen LogP contribution in [0, 0.1) is 23.7 Å². The molecule has 1 heterocycles. The van der Waals surface area contributed by atoms with Crippen LogP contribution in [0.15, 0.2) is 42.5 Å². The van der Waals surface area contributed by atoms with E-state index in [2.05, 4.69) is 40.4 Å². The van der Waals surface area contributed by atoms with Crippen molar-refractivity contribution in [1.29, 1.82) is 0 Å². The number of methoxy groups -OCH3 is 2. The number of rotatable bonds is 12. The highest BCUT2D eigenvalue weighted by Crippen LogP contribution is 2.59. The predicted molar refractivity (Wildman–Crippen MR) is 201 cm³/mol. The van der Waals surface area contributed by atoms with Crippen molar-refractivity contribution in [3.05, 3.63) is 53.7 Å². The van der Waals surface area contributed by atoms with Crippen molar-refractivity contribution >= 4 is 39.4 Å². The van der Waals surface area contributed by atoms with Crippen molar-refractivity contribution in [1.82, 2.24) is 15.1 Å². The van der Waals surface area contributed by atoms with E-state index in [0.29, 0.717) is 46.7 Å². The van der Waals surface area contributed by atoms with Crippen LogP contribution in [-0.4, -0.2) is 58.3 Å². The van der Waals surface area contributed by atoms with Gasteiger partial charge in [-0.05, 0) is 131 Å². The summed E-state index contributed by atoms with van der Waals surface area (Å²) in [4.78, 5) is 41.5. The summed E-state index contributed by atoms with van der Waals surface area (Å²) in [5.74, 6) is 1.48. The highest BCUT2D eigenvalue weighted by Gasteiger charge is 2.63. The normalized spacial score (nSPS) is 23.6. The van der Waals surface area contributed by atoms with Gasteiger partial charge >= 0.3 is 5.97 Å². The van der Waals surface area contributed by atoms with Crippen LogP contribution in [0.5, 0.6) is 11.5 Å². The van der Waals surface area contributed by atoms with Gasteiger partial charge in [-0.15, -0.1) is 0 Å². The minimum atomic E-state index is -1.12. The molecule has 11 heteroatoms. The molecule has 2 amide bonds. The Kier molecular flexibility index (Phi) is 10.6. The number of ether oxygens (including phenoxy) is 3. The molecule has 0 atom stereocenters. The number of carbonyl (C=O) groups is 3. The average Bonchev–Trinajstić information content (AvgIpc) is 3.52. The molecule has 274 valence electrons. The monoisotopic (exact) mass is 762 g/mol. The SMILES string of the molecule is COc1cccc(OC)c1-c1cc(C(=O)NC2(C(=O)OC(C)(C)C)C3CC4CC(C3)CC2C4)nn1-c1ccc(NC(=O)CCCBr)cc1C(C)C. The van der Waals surface area contributed by atoms with Crippen LogP contribution >= 0.6 is 15.9 Å². The lowest BCUT2D eigenvalue weighted by atomic mass is 9.48. The van der Waals surface area contributed by atoms with E-state index in [1.165, 1.54) is 6.42 Å². The van der Waals surface area contributed by atoms with Gasteiger partial charge in [0, 0.05) is 17.4 Å². The number of amides is 2. The molecule has 10 nitrogen and oxygen atoms in total. The van der Waals surface area contributed by atoms with E-state index < -0.39 is 17.0 Å². The van der Waals surface area contributed by atoms with Crippen molar-refractivity contribution in [3.63, 3.8) is 0 Å². The highest BCUT2D eigenvalue weighted by atomic mass is 79.9. The fourth-order valence-corrected chi connectivity index (χ4v) is 9.11. The zero-order chi connectivity index (χ0) is 36.7. The molecule has 4 aliphatic carbocycles. The summed E-state index contributed by atoms with van der Waals surface area (Å²) < 4.78 is 19.5. The van der Waals surface area contributed by atoms with Gasteiger partial charge in [0.2, 0.25) is 5.91 Å². The van der Waals surface area contributed by atoms with Crippen LogP contribution in [0.3, 0.4) is 0 Å². The summed E-state index contributed by atoms with van der Waals surface area (Å²) in [5, 5.41) is 12.0. The van der Waals surface area contributed by atoms with E-state index in [0.717, 1.165) is 48.7 Å². The number of hydrogen-bond donors (Lipinski definition) is 2. The summed E-state index contributed by atoms with van der Waals surface area (Å²) in [7, 11) is 3.19. The second kappa shape index (κ2) is 14.6. The standard InChI is InChI=1S/C40H51BrN4O6/c1-23(2)29-21-28(42-35(46)12-9-15-41)13-14-31(29)45-32(36-33(49-6)10-8-11-34(36)50-7)22-30(44-45)37(47)43-40(38(48)51-39(3,4)5)26-17-24-16-25(19-26)20-27(40)18-24/h8,10-11,13-14,21-27H,9,12,15-20H2,1-7H3,(H,42,46)(H,43,47). The van der Waals surface area contributed by atoms with E-state index in [4.69, 9.17) is 19.3 Å². The van der Waals surface area contributed by atoms with Gasteiger partial charge in [-0.3, -0.25) is 9.59 Å². The Bertz CT molecular complexity index is 1740. The van der Waals surface area contributed by atoms with Gasteiger partial charge in [-0.25, -0.2) is 9.48 Å². The molecule has 3 aromatic rings. The number of aromatic nitrogens is 2. The number of alkyl halides is 1. The quantitative estimate of drug-likeness (QED) is 0.142. The molecular weight excluding hydrogens is 712 g/mol. The van der Waals surface area contributed by atoms with Gasteiger partial charge in [0.1, 0.15) is 22.6 Å². The number of esters is 1. The van der Waals surface area contributed by atoms with E-state index in [1.807, 2.05) is 57.2 Å². The van der Waals surface area contributed by atoms with Gasteiger partial charge < -0.3 is 24.8 Å². The molecule has 0 spiro atoms. The molecule has 51 heavy (non-hydrogen) atoms. The second-order valence-electron chi connectivity index (χ2n) is 15.8. The third kappa shape index (κ3) is 7.28. The first kappa shape index (κ1) is 36.9. The number of nitrogens with zero attached hydrogens (tertiary/aromatic N) is 2. The molecular formula is C40H51BrN4O6. The summed E-state index contributed by atoms with van der Waals surface area (Å²) in [6.07, 6.45) is 5.97. The number of nitrogens with one attached hydrogen (secondary N) is 2. The third-order valence-corrected chi connectivity index (χ3v) is 11.4.